The number of anilines is 3. The molecule has 2 aromatic heterocycles. The first kappa shape index (κ1) is 33.2. The van der Waals surface area contributed by atoms with Crippen LogP contribution in [0.25, 0.3) is 22.6 Å². The number of hydrogen-bond acceptors (Lipinski definition) is 9. The second-order valence-electron chi connectivity index (χ2n) is 13.3. The molecular formula is C38H43N9O3. The van der Waals surface area contributed by atoms with Gasteiger partial charge in [-0.1, -0.05) is 30.3 Å². The van der Waals surface area contributed by atoms with Gasteiger partial charge >= 0.3 is 0 Å². The molecule has 1 saturated carbocycles. The van der Waals surface area contributed by atoms with E-state index in [0.29, 0.717) is 34.1 Å². The van der Waals surface area contributed by atoms with Crippen LogP contribution in [0.1, 0.15) is 47.6 Å². The van der Waals surface area contributed by atoms with Crippen LogP contribution >= 0.6 is 0 Å². The molecule has 0 radical (unpaired) electrons. The van der Waals surface area contributed by atoms with E-state index in [-0.39, 0.29) is 23.8 Å². The molecule has 1 aliphatic heterocycles. The molecule has 50 heavy (non-hydrogen) atoms. The average molecular weight is 674 g/mol. The molecule has 3 heterocycles. The standard InChI is InChI=1S/C38H43N9O3/c1-45-18-20-46(21-19-45)23-25-6-14-29(15-7-25)41-37(48)27-10-8-26(9-11-27)35-43-34(39)33-36(44-35)47(24-40-33)31-16-12-28(13-17-31)38(49)42-30-4-3-5-32(22-30)50-2/h3-11,14-15,22,24,28,31H,12-13,16-21,23H2,1-2H3,(H,41,48)(H,42,49)(H2,39,43,44). The van der Waals surface area contributed by atoms with Gasteiger partial charge in [0, 0.05) is 73.3 Å². The zero-order chi connectivity index (χ0) is 34.6. The first-order chi connectivity index (χ1) is 24.3. The van der Waals surface area contributed by atoms with Crippen molar-refractivity contribution in [2.75, 3.05) is 56.7 Å². The number of imidazole rings is 1. The number of piperazine rings is 1. The topological polar surface area (TPSA) is 144 Å². The molecule has 2 fully saturated rings. The molecule has 12 nitrogen and oxygen atoms in total. The Morgan fingerprint density at radius 2 is 1.62 bits per heavy atom. The van der Waals surface area contributed by atoms with Crippen molar-refractivity contribution in [1.82, 2.24) is 29.3 Å². The Kier molecular flexibility index (Phi) is 9.72. The summed E-state index contributed by atoms with van der Waals surface area (Å²) in [6, 6.07) is 22.8. The van der Waals surface area contributed by atoms with E-state index in [4.69, 9.17) is 15.5 Å². The minimum atomic E-state index is -0.190. The van der Waals surface area contributed by atoms with Gasteiger partial charge in [0.15, 0.2) is 17.3 Å². The zero-order valence-corrected chi connectivity index (χ0v) is 28.5. The predicted octanol–water partition coefficient (Wildman–Crippen LogP) is 5.45. The number of rotatable bonds is 9. The molecule has 0 unspecified atom stereocenters. The summed E-state index contributed by atoms with van der Waals surface area (Å²) < 4.78 is 7.34. The number of methoxy groups -OCH3 is 1. The van der Waals surface area contributed by atoms with E-state index in [1.165, 1.54) is 5.56 Å². The summed E-state index contributed by atoms with van der Waals surface area (Å²) in [6.45, 7) is 5.21. The van der Waals surface area contributed by atoms with Crippen LogP contribution in [0.4, 0.5) is 17.2 Å². The molecule has 2 aliphatic rings. The lowest BCUT2D eigenvalue weighted by Gasteiger charge is -2.32. The Labute approximate surface area is 291 Å². The molecule has 3 aromatic carbocycles. The zero-order valence-electron chi connectivity index (χ0n) is 28.5. The highest BCUT2D eigenvalue weighted by molar-refractivity contribution is 6.04. The van der Waals surface area contributed by atoms with Gasteiger partial charge in [0.05, 0.1) is 13.4 Å². The Hall–Kier alpha value is -5.33. The number of nitrogens with one attached hydrogen (secondary N) is 2. The molecule has 0 bridgehead atoms. The van der Waals surface area contributed by atoms with Crippen LogP contribution in [0.2, 0.25) is 0 Å². The Bertz CT molecular complexity index is 1960. The molecule has 7 rings (SSSR count). The van der Waals surface area contributed by atoms with Gasteiger partial charge in [0.1, 0.15) is 11.3 Å². The van der Waals surface area contributed by atoms with Crippen LogP contribution < -0.4 is 21.1 Å². The molecule has 0 spiro atoms. The third-order valence-corrected chi connectivity index (χ3v) is 9.87. The Morgan fingerprint density at radius 1 is 0.880 bits per heavy atom. The smallest absolute Gasteiger partial charge is 0.255 e. The van der Waals surface area contributed by atoms with Crippen molar-refractivity contribution in [3.05, 3.63) is 90.3 Å². The van der Waals surface area contributed by atoms with Crippen molar-refractivity contribution in [3.8, 4) is 17.1 Å². The third kappa shape index (κ3) is 7.46. The number of likely N-dealkylation sites (N-methyl/N-ethyl adjacent to an activating group) is 1. The fraction of sp³-hybridized carbons (Fsp3) is 0.342. The van der Waals surface area contributed by atoms with Crippen LogP contribution in [0, 0.1) is 5.92 Å². The van der Waals surface area contributed by atoms with Gasteiger partial charge in [0.25, 0.3) is 5.91 Å². The maximum atomic E-state index is 13.1. The largest absolute Gasteiger partial charge is 0.497 e. The molecule has 5 aromatic rings. The molecule has 258 valence electrons. The summed E-state index contributed by atoms with van der Waals surface area (Å²) in [7, 11) is 3.77. The number of ether oxygens (including phenoxy) is 1. The Balaban J connectivity index is 0.977. The van der Waals surface area contributed by atoms with Gasteiger partial charge in [-0.2, -0.15) is 0 Å². The molecule has 1 saturated heterocycles. The van der Waals surface area contributed by atoms with Crippen molar-refractivity contribution in [2.24, 2.45) is 5.92 Å². The molecule has 0 atom stereocenters. The number of hydrogen-bond donors (Lipinski definition) is 3. The van der Waals surface area contributed by atoms with E-state index < -0.39 is 0 Å². The maximum Gasteiger partial charge on any atom is 0.255 e. The van der Waals surface area contributed by atoms with Crippen LogP contribution in [0.3, 0.4) is 0 Å². The van der Waals surface area contributed by atoms with E-state index in [9.17, 15) is 9.59 Å². The number of nitrogen functional groups attached to an aromatic ring is 1. The minimum absolute atomic E-state index is 0.0211. The quantitative estimate of drug-likeness (QED) is 0.186. The van der Waals surface area contributed by atoms with Crippen molar-refractivity contribution < 1.29 is 14.3 Å². The van der Waals surface area contributed by atoms with Gasteiger partial charge < -0.3 is 30.6 Å². The van der Waals surface area contributed by atoms with Gasteiger partial charge in [-0.05, 0) is 74.7 Å². The lowest BCUT2D eigenvalue weighted by Crippen LogP contribution is -2.43. The normalized spacial score (nSPS) is 18.5. The van der Waals surface area contributed by atoms with Crippen LogP contribution in [0.15, 0.2) is 79.1 Å². The van der Waals surface area contributed by atoms with Crippen molar-refractivity contribution in [1.29, 1.82) is 0 Å². The number of nitrogens with two attached hydrogens (primary N) is 1. The number of carbonyl (C=O) groups excluding carboxylic acids is 2. The lowest BCUT2D eigenvalue weighted by molar-refractivity contribution is -0.121. The summed E-state index contributed by atoms with van der Waals surface area (Å²) in [4.78, 5) is 44.8. The van der Waals surface area contributed by atoms with E-state index in [1.807, 2.05) is 48.5 Å². The lowest BCUT2D eigenvalue weighted by atomic mass is 9.85. The first-order valence-electron chi connectivity index (χ1n) is 17.2. The van der Waals surface area contributed by atoms with Crippen LogP contribution in [-0.2, 0) is 11.3 Å². The van der Waals surface area contributed by atoms with E-state index in [2.05, 4.69) is 54.1 Å². The predicted molar refractivity (Wildman–Crippen MR) is 195 cm³/mol. The second kappa shape index (κ2) is 14.7. The number of fused-ring (bicyclic) bond motifs is 1. The van der Waals surface area contributed by atoms with E-state index in [1.54, 1.807) is 25.6 Å². The second-order valence-corrected chi connectivity index (χ2v) is 13.3. The Morgan fingerprint density at radius 3 is 2.34 bits per heavy atom. The first-order valence-corrected chi connectivity index (χ1v) is 17.2. The molecular weight excluding hydrogens is 630 g/mol. The van der Waals surface area contributed by atoms with Crippen molar-refractivity contribution in [2.45, 2.75) is 38.3 Å². The molecule has 12 heteroatoms. The highest BCUT2D eigenvalue weighted by Crippen LogP contribution is 2.35. The van der Waals surface area contributed by atoms with Gasteiger partial charge in [-0.25, -0.2) is 15.0 Å². The fourth-order valence-electron chi connectivity index (χ4n) is 6.83. The highest BCUT2D eigenvalue weighted by Gasteiger charge is 2.29. The summed E-state index contributed by atoms with van der Waals surface area (Å²) >= 11 is 0. The molecule has 2 amide bonds. The minimum Gasteiger partial charge on any atom is -0.497 e. The number of aromatic nitrogens is 4. The van der Waals surface area contributed by atoms with Crippen LogP contribution in [-0.4, -0.2) is 81.5 Å². The summed E-state index contributed by atoms with van der Waals surface area (Å²) in [6.07, 6.45) is 4.89. The van der Waals surface area contributed by atoms with Crippen molar-refractivity contribution >= 4 is 40.2 Å². The maximum absolute atomic E-state index is 13.1. The highest BCUT2D eigenvalue weighted by atomic mass is 16.5. The van der Waals surface area contributed by atoms with Crippen LogP contribution in [0.5, 0.6) is 5.75 Å². The molecule has 4 N–H and O–H groups in total. The van der Waals surface area contributed by atoms with E-state index in [0.717, 1.165) is 75.3 Å². The number of benzene rings is 3. The SMILES string of the molecule is COc1cccc(NC(=O)C2CCC(n3cnc4c(N)nc(-c5ccc(C(=O)Nc6ccc(CN7CCN(C)CC7)cc6)cc5)nc43)CC2)c1. The van der Waals surface area contributed by atoms with Gasteiger partial charge in [-0.3, -0.25) is 14.5 Å². The molecule has 1 aliphatic carbocycles. The summed E-state index contributed by atoms with van der Waals surface area (Å²) in [5, 5.41) is 6.04. The number of amides is 2. The third-order valence-electron chi connectivity index (χ3n) is 9.87. The number of nitrogens with zero attached hydrogens (tertiary/aromatic N) is 6. The van der Waals surface area contributed by atoms with Gasteiger partial charge in [-0.15, -0.1) is 0 Å². The summed E-state index contributed by atoms with van der Waals surface area (Å²) in [5.41, 5.74) is 11.6. The monoisotopic (exact) mass is 673 g/mol. The number of carbonyl (C=O) groups is 2. The average Bonchev–Trinajstić information content (AvgIpc) is 3.58. The van der Waals surface area contributed by atoms with Crippen molar-refractivity contribution in [3.63, 3.8) is 0 Å². The summed E-state index contributed by atoms with van der Waals surface area (Å²) in [5.74, 6) is 1.22. The van der Waals surface area contributed by atoms with E-state index >= 15 is 0 Å². The fourth-order valence-corrected chi connectivity index (χ4v) is 6.83. The van der Waals surface area contributed by atoms with Gasteiger partial charge in [0.2, 0.25) is 5.91 Å².